The number of hydrogen-bond acceptors (Lipinski definition) is 4. The number of alkyl halides is 3. The summed E-state index contributed by atoms with van der Waals surface area (Å²) in [6.45, 7) is 1.69. The third-order valence-electron chi connectivity index (χ3n) is 4.99. The van der Waals surface area contributed by atoms with E-state index in [1.54, 1.807) is 13.0 Å². The summed E-state index contributed by atoms with van der Waals surface area (Å²) >= 11 is 0. The van der Waals surface area contributed by atoms with Crippen LogP contribution in [-0.2, 0) is 0 Å². The quantitative estimate of drug-likeness (QED) is 0.655. The maximum Gasteiger partial charge on any atom is 0.408 e. The number of benzene rings is 1. The molecule has 1 aliphatic carbocycles. The molecule has 0 aliphatic heterocycles. The highest BCUT2D eigenvalue weighted by atomic mass is 19.4. The first kappa shape index (κ1) is 19.8. The molecule has 1 fully saturated rings. The molecule has 30 heavy (non-hydrogen) atoms. The minimum atomic E-state index is -4.55. The maximum absolute atomic E-state index is 13.5. The van der Waals surface area contributed by atoms with E-state index in [-0.39, 0.29) is 17.0 Å². The Morgan fingerprint density at radius 1 is 1.33 bits per heavy atom. The van der Waals surface area contributed by atoms with Gasteiger partial charge >= 0.3 is 6.18 Å². The van der Waals surface area contributed by atoms with Crippen LogP contribution >= 0.6 is 0 Å². The second kappa shape index (κ2) is 7.09. The second-order valence-electron chi connectivity index (χ2n) is 7.22. The van der Waals surface area contributed by atoms with Gasteiger partial charge in [0.2, 0.25) is 0 Å². The van der Waals surface area contributed by atoms with Crippen LogP contribution in [0.1, 0.15) is 34.5 Å². The number of nitrogens with one attached hydrogen (secondary N) is 1. The first-order valence-electron chi connectivity index (χ1n) is 9.12. The van der Waals surface area contributed by atoms with E-state index < -0.39 is 29.9 Å². The van der Waals surface area contributed by atoms with E-state index in [1.165, 1.54) is 12.1 Å². The Morgan fingerprint density at radius 3 is 2.70 bits per heavy atom. The van der Waals surface area contributed by atoms with E-state index in [0.29, 0.717) is 29.6 Å². The Morgan fingerprint density at radius 2 is 2.07 bits per heavy atom. The zero-order valence-electron chi connectivity index (χ0n) is 15.7. The number of nitrogens with zero attached hydrogens (tertiary/aromatic N) is 4. The molecule has 1 aliphatic rings. The molecule has 1 atom stereocenters. The molecule has 2 aromatic heterocycles. The van der Waals surface area contributed by atoms with Gasteiger partial charge in [-0.25, -0.2) is 13.9 Å². The van der Waals surface area contributed by atoms with Crippen LogP contribution in [-0.4, -0.2) is 32.7 Å². The molecule has 1 saturated carbocycles. The summed E-state index contributed by atoms with van der Waals surface area (Å²) in [5, 5.41) is 15.6. The largest absolute Gasteiger partial charge is 0.408 e. The van der Waals surface area contributed by atoms with Crippen molar-refractivity contribution in [1.29, 1.82) is 5.26 Å². The molecule has 0 saturated heterocycles. The molecule has 3 aromatic rings. The number of hydrogen-bond donors (Lipinski definition) is 1. The standard InChI is InChI=1S/C20H15F4N5O/c1-10-6-15(14-5-4-13(21)7-12(14)8-25)28-29-16(9-26-18(10)29)19(30)27-17(11-2-3-11)20(22,23)24/h4-7,9,11,17H,2-3H2,1H3,(H,27,30)/t17-/m1/s1. The number of nitriles is 1. The average molecular weight is 417 g/mol. The zero-order valence-corrected chi connectivity index (χ0v) is 15.7. The summed E-state index contributed by atoms with van der Waals surface area (Å²) in [5.41, 5.74) is 1.35. The molecule has 0 spiro atoms. The van der Waals surface area contributed by atoms with Crippen LogP contribution in [0, 0.1) is 30.0 Å². The topological polar surface area (TPSA) is 83.1 Å². The number of halogens is 4. The summed E-state index contributed by atoms with van der Waals surface area (Å²) in [6, 6.07) is 5.18. The van der Waals surface area contributed by atoms with E-state index in [1.807, 2.05) is 6.07 Å². The fraction of sp³-hybridized carbons (Fsp3) is 0.300. The SMILES string of the molecule is Cc1cc(-c2ccc(F)cc2C#N)nn2c(C(=O)N[C@H](C3CC3)C(F)(F)F)cnc12. The lowest BCUT2D eigenvalue weighted by Gasteiger charge is -2.21. The zero-order chi connectivity index (χ0) is 21.6. The molecule has 0 bridgehead atoms. The Hall–Kier alpha value is -3.48. The third-order valence-corrected chi connectivity index (χ3v) is 4.99. The molecule has 1 amide bonds. The van der Waals surface area contributed by atoms with Crippen molar-refractivity contribution in [3.63, 3.8) is 0 Å². The highest BCUT2D eigenvalue weighted by Crippen LogP contribution is 2.40. The van der Waals surface area contributed by atoms with Gasteiger partial charge in [-0.15, -0.1) is 0 Å². The summed E-state index contributed by atoms with van der Waals surface area (Å²) in [4.78, 5) is 16.7. The van der Waals surface area contributed by atoms with Gasteiger partial charge in [0.25, 0.3) is 5.91 Å². The number of aryl methyl sites for hydroxylation is 1. The molecular formula is C20H15F4N5O. The van der Waals surface area contributed by atoms with Crippen LogP contribution in [0.5, 0.6) is 0 Å². The number of imidazole rings is 1. The summed E-state index contributed by atoms with van der Waals surface area (Å²) in [7, 11) is 0. The number of rotatable bonds is 4. The predicted molar refractivity (Wildman–Crippen MR) is 97.9 cm³/mol. The van der Waals surface area contributed by atoms with Crippen molar-refractivity contribution in [3.05, 3.63) is 53.1 Å². The van der Waals surface area contributed by atoms with E-state index in [0.717, 1.165) is 16.8 Å². The molecule has 4 rings (SSSR count). The third kappa shape index (κ3) is 3.58. The predicted octanol–water partition coefficient (Wildman–Crippen LogP) is 3.79. The van der Waals surface area contributed by atoms with Crippen LogP contribution in [0.2, 0.25) is 0 Å². The van der Waals surface area contributed by atoms with Crippen LogP contribution in [0.15, 0.2) is 30.5 Å². The molecule has 1 N–H and O–H groups in total. The number of carbonyl (C=O) groups is 1. The van der Waals surface area contributed by atoms with Crippen LogP contribution in [0.3, 0.4) is 0 Å². The van der Waals surface area contributed by atoms with Gasteiger partial charge in [0.15, 0.2) is 11.3 Å². The maximum atomic E-state index is 13.5. The summed E-state index contributed by atoms with van der Waals surface area (Å²) in [5.74, 6) is -2.16. The van der Waals surface area contributed by atoms with Crippen molar-refractivity contribution in [1.82, 2.24) is 19.9 Å². The van der Waals surface area contributed by atoms with Crippen LogP contribution in [0.25, 0.3) is 16.9 Å². The molecule has 0 radical (unpaired) electrons. The van der Waals surface area contributed by atoms with Crippen molar-refractivity contribution in [2.45, 2.75) is 32.0 Å². The highest BCUT2D eigenvalue weighted by molar-refractivity contribution is 5.93. The van der Waals surface area contributed by atoms with Crippen molar-refractivity contribution in [3.8, 4) is 17.3 Å². The fourth-order valence-electron chi connectivity index (χ4n) is 3.35. The van der Waals surface area contributed by atoms with Gasteiger partial charge < -0.3 is 5.32 Å². The van der Waals surface area contributed by atoms with E-state index >= 15 is 0 Å². The number of carbonyl (C=O) groups excluding carboxylic acids is 1. The van der Waals surface area contributed by atoms with E-state index in [9.17, 15) is 27.6 Å². The lowest BCUT2D eigenvalue weighted by molar-refractivity contribution is -0.158. The molecule has 10 heteroatoms. The average Bonchev–Trinajstić information content (AvgIpc) is 3.42. The van der Waals surface area contributed by atoms with E-state index in [4.69, 9.17) is 0 Å². The minimum Gasteiger partial charge on any atom is -0.339 e. The van der Waals surface area contributed by atoms with Crippen molar-refractivity contribution in [2.75, 3.05) is 0 Å². The molecule has 1 aromatic carbocycles. The van der Waals surface area contributed by atoms with Gasteiger partial charge in [-0.2, -0.15) is 23.5 Å². The van der Waals surface area contributed by atoms with Gasteiger partial charge in [-0.3, -0.25) is 4.79 Å². The van der Waals surface area contributed by atoms with Crippen LogP contribution < -0.4 is 5.32 Å². The van der Waals surface area contributed by atoms with Crippen molar-refractivity contribution >= 4 is 11.6 Å². The lowest BCUT2D eigenvalue weighted by Crippen LogP contribution is -2.47. The van der Waals surface area contributed by atoms with Crippen molar-refractivity contribution in [2.24, 2.45) is 5.92 Å². The summed E-state index contributed by atoms with van der Waals surface area (Å²) < 4.78 is 54.4. The van der Waals surface area contributed by atoms with Crippen LogP contribution in [0.4, 0.5) is 17.6 Å². The molecule has 0 unspecified atom stereocenters. The second-order valence-corrected chi connectivity index (χ2v) is 7.22. The van der Waals surface area contributed by atoms with Gasteiger partial charge in [-0.1, -0.05) is 0 Å². The molecular weight excluding hydrogens is 402 g/mol. The van der Waals surface area contributed by atoms with Gasteiger partial charge in [0.1, 0.15) is 11.9 Å². The monoisotopic (exact) mass is 417 g/mol. The smallest absolute Gasteiger partial charge is 0.339 e. The minimum absolute atomic E-state index is 0.0400. The first-order valence-corrected chi connectivity index (χ1v) is 9.12. The normalized spacial score (nSPS) is 15.1. The van der Waals surface area contributed by atoms with E-state index in [2.05, 4.69) is 15.4 Å². The number of fused-ring (bicyclic) bond motifs is 1. The summed E-state index contributed by atoms with van der Waals surface area (Å²) in [6.07, 6.45) is -2.59. The lowest BCUT2D eigenvalue weighted by atomic mass is 10.0. The Bertz CT molecular complexity index is 1190. The molecule has 154 valence electrons. The molecule has 6 nitrogen and oxygen atoms in total. The number of amides is 1. The Labute approximate surface area is 168 Å². The van der Waals surface area contributed by atoms with Crippen molar-refractivity contribution < 1.29 is 22.4 Å². The fourth-order valence-corrected chi connectivity index (χ4v) is 3.35. The first-order chi connectivity index (χ1) is 14.2. The Balaban J connectivity index is 1.76. The van der Waals surface area contributed by atoms with Gasteiger partial charge in [-0.05, 0) is 55.5 Å². The Kier molecular flexibility index (Phi) is 4.68. The number of aromatic nitrogens is 3. The highest BCUT2D eigenvalue weighted by Gasteiger charge is 2.49. The molecule has 2 heterocycles. The van der Waals surface area contributed by atoms with Gasteiger partial charge in [0, 0.05) is 5.56 Å². The van der Waals surface area contributed by atoms with Gasteiger partial charge in [0.05, 0.1) is 23.5 Å².